The SMILES string of the molecule is COc1cc(OC)c(-c2cc(C(N)=O)c(NC(N)=O)s2)cn1. The number of nitrogens with one attached hydrogen (secondary N) is 1. The van der Waals surface area contributed by atoms with Gasteiger partial charge in [-0.1, -0.05) is 0 Å². The Morgan fingerprint density at radius 3 is 2.50 bits per heavy atom. The monoisotopic (exact) mass is 322 g/mol. The van der Waals surface area contributed by atoms with E-state index in [1.54, 1.807) is 18.3 Å². The second-order valence-electron chi connectivity index (χ2n) is 4.13. The van der Waals surface area contributed by atoms with E-state index in [4.69, 9.17) is 20.9 Å². The van der Waals surface area contributed by atoms with Gasteiger partial charge in [-0.2, -0.15) is 0 Å². The van der Waals surface area contributed by atoms with Crippen molar-refractivity contribution in [3.8, 4) is 22.1 Å². The number of pyridine rings is 1. The van der Waals surface area contributed by atoms with Crippen LogP contribution in [0.1, 0.15) is 10.4 Å². The van der Waals surface area contributed by atoms with Gasteiger partial charge in [-0.3, -0.25) is 10.1 Å². The number of primary amides is 2. The fourth-order valence-corrected chi connectivity index (χ4v) is 2.88. The molecule has 0 aliphatic carbocycles. The van der Waals surface area contributed by atoms with Gasteiger partial charge in [-0.15, -0.1) is 11.3 Å². The highest BCUT2D eigenvalue weighted by Crippen LogP contribution is 2.40. The van der Waals surface area contributed by atoms with E-state index in [1.807, 2.05) is 0 Å². The Labute approximate surface area is 130 Å². The van der Waals surface area contributed by atoms with Crippen LogP contribution < -0.4 is 26.3 Å². The summed E-state index contributed by atoms with van der Waals surface area (Å²) in [5.41, 5.74) is 11.2. The molecule has 2 aromatic heterocycles. The molecule has 0 bridgehead atoms. The second-order valence-corrected chi connectivity index (χ2v) is 5.19. The van der Waals surface area contributed by atoms with Crippen molar-refractivity contribution < 1.29 is 19.1 Å². The van der Waals surface area contributed by atoms with Crippen molar-refractivity contribution in [3.63, 3.8) is 0 Å². The molecule has 116 valence electrons. The average molecular weight is 322 g/mol. The van der Waals surface area contributed by atoms with Crippen LogP contribution in [0.5, 0.6) is 11.6 Å². The maximum absolute atomic E-state index is 11.5. The molecule has 0 radical (unpaired) electrons. The summed E-state index contributed by atoms with van der Waals surface area (Å²) in [4.78, 5) is 27.2. The van der Waals surface area contributed by atoms with Crippen molar-refractivity contribution in [2.24, 2.45) is 11.5 Å². The summed E-state index contributed by atoms with van der Waals surface area (Å²) < 4.78 is 10.3. The second kappa shape index (κ2) is 6.31. The number of nitrogens with zero attached hydrogens (tertiary/aromatic N) is 1. The third-order valence-corrected chi connectivity index (χ3v) is 3.85. The van der Waals surface area contributed by atoms with Crippen LogP contribution in [0, 0.1) is 0 Å². The largest absolute Gasteiger partial charge is 0.496 e. The molecule has 9 heteroatoms. The van der Waals surface area contributed by atoms with Crippen molar-refractivity contribution >= 4 is 28.3 Å². The molecule has 2 rings (SSSR count). The van der Waals surface area contributed by atoms with Crippen molar-refractivity contribution in [2.75, 3.05) is 19.5 Å². The minimum absolute atomic E-state index is 0.164. The zero-order valence-electron chi connectivity index (χ0n) is 11.9. The molecule has 2 aromatic rings. The molecule has 0 spiro atoms. The van der Waals surface area contributed by atoms with Gasteiger partial charge in [0.05, 0.1) is 25.3 Å². The number of aromatic nitrogens is 1. The molecule has 0 saturated carbocycles. The van der Waals surface area contributed by atoms with Crippen molar-refractivity contribution in [1.82, 2.24) is 4.98 Å². The molecule has 2 heterocycles. The summed E-state index contributed by atoms with van der Waals surface area (Å²) in [6.07, 6.45) is 1.54. The standard InChI is InChI=1S/C13H14N4O4S/c1-20-8-4-10(21-2)16-5-7(8)9-3-6(11(14)18)12(22-9)17-13(15)19/h3-5H,1-2H3,(H2,14,18)(H3,15,17,19). The van der Waals surface area contributed by atoms with Crippen LogP contribution in [-0.4, -0.2) is 31.1 Å². The minimum Gasteiger partial charge on any atom is -0.496 e. The third kappa shape index (κ3) is 3.09. The number of carbonyl (C=O) groups excluding carboxylic acids is 2. The Bertz CT molecular complexity index is 729. The van der Waals surface area contributed by atoms with Gasteiger partial charge >= 0.3 is 6.03 Å². The summed E-state index contributed by atoms with van der Waals surface area (Å²) in [6, 6.07) is 2.38. The predicted molar refractivity (Wildman–Crippen MR) is 82.4 cm³/mol. The van der Waals surface area contributed by atoms with Crippen LogP contribution in [0.15, 0.2) is 18.3 Å². The third-order valence-electron chi connectivity index (χ3n) is 2.77. The molecule has 0 atom stereocenters. The molecule has 5 N–H and O–H groups in total. The normalized spacial score (nSPS) is 10.1. The van der Waals surface area contributed by atoms with Gasteiger partial charge in [0.1, 0.15) is 10.8 Å². The number of ether oxygens (including phenoxy) is 2. The molecule has 22 heavy (non-hydrogen) atoms. The van der Waals surface area contributed by atoms with Gasteiger partial charge in [0.2, 0.25) is 5.88 Å². The zero-order chi connectivity index (χ0) is 16.3. The van der Waals surface area contributed by atoms with E-state index in [1.165, 1.54) is 14.2 Å². The molecular formula is C13H14N4O4S. The first-order valence-electron chi connectivity index (χ1n) is 6.04. The topological polar surface area (TPSA) is 130 Å². The zero-order valence-corrected chi connectivity index (χ0v) is 12.7. The fourth-order valence-electron chi connectivity index (χ4n) is 1.80. The minimum atomic E-state index is -0.782. The number of hydrogen-bond acceptors (Lipinski definition) is 6. The van der Waals surface area contributed by atoms with Crippen LogP contribution in [0.2, 0.25) is 0 Å². The maximum Gasteiger partial charge on any atom is 0.317 e. The van der Waals surface area contributed by atoms with Gasteiger partial charge < -0.3 is 20.9 Å². The highest BCUT2D eigenvalue weighted by Gasteiger charge is 2.18. The smallest absolute Gasteiger partial charge is 0.317 e. The summed E-state index contributed by atoms with van der Waals surface area (Å²) >= 11 is 1.14. The lowest BCUT2D eigenvalue weighted by atomic mass is 10.2. The van der Waals surface area contributed by atoms with E-state index in [-0.39, 0.29) is 10.6 Å². The summed E-state index contributed by atoms with van der Waals surface area (Å²) in [7, 11) is 3.00. The van der Waals surface area contributed by atoms with E-state index in [2.05, 4.69) is 10.3 Å². The van der Waals surface area contributed by atoms with Gasteiger partial charge in [-0.05, 0) is 6.07 Å². The van der Waals surface area contributed by atoms with E-state index >= 15 is 0 Å². The summed E-state index contributed by atoms with van der Waals surface area (Å²) in [6.45, 7) is 0. The van der Waals surface area contributed by atoms with Crippen LogP contribution in [0.25, 0.3) is 10.4 Å². The van der Waals surface area contributed by atoms with Crippen molar-refractivity contribution in [2.45, 2.75) is 0 Å². The molecular weight excluding hydrogens is 308 g/mol. The number of methoxy groups -OCH3 is 2. The molecule has 8 nitrogen and oxygen atoms in total. The molecule has 0 aliphatic heterocycles. The molecule has 0 unspecified atom stereocenters. The lowest BCUT2D eigenvalue weighted by Crippen LogP contribution is -2.21. The van der Waals surface area contributed by atoms with Gasteiger partial charge in [-0.25, -0.2) is 9.78 Å². The quantitative estimate of drug-likeness (QED) is 0.766. The lowest BCUT2D eigenvalue weighted by Gasteiger charge is -2.07. The van der Waals surface area contributed by atoms with Crippen LogP contribution in [0.4, 0.5) is 9.80 Å². The Morgan fingerprint density at radius 2 is 1.95 bits per heavy atom. The maximum atomic E-state index is 11.5. The van der Waals surface area contributed by atoms with Crippen LogP contribution >= 0.6 is 11.3 Å². The molecule has 0 fully saturated rings. The van der Waals surface area contributed by atoms with Crippen LogP contribution in [0.3, 0.4) is 0 Å². The molecule has 0 saturated heterocycles. The molecule has 3 amide bonds. The number of thiophene rings is 1. The Morgan fingerprint density at radius 1 is 1.23 bits per heavy atom. The first-order valence-corrected chi connectivity index (χ1v) is 6.86. The van der Waals surface area contributed by atoms with Gasteiger partial charge in [0, 0.05) is 17.1 Å². The highest BCUT2D eigenvalue weighted by atomic mass is 32.1. The van der Waals surface area contributed by atoms with E-state index in [0.29, 0.717) is 22.1 Å². The summed E-state index contributed by atoms with van der Waals surface area (Å²) in [5.74, 6) is 0.226. The Kier molecular flexibility index (Phi) is 4.47. The van der Waals surface area contributed by atoms with Crippen molar-refractivity contribution in [3.05, 3.63) is 23.9 Å². The van der Waals surface area contributed by atoms with E-state index < -0.39 is 11.9 Å². The molecule has 0 aromatic carbocycles. The predicted octanol–water partition coefficient (Wildman–Crippen LogP) is 1.42. The van der Waals surface area contributed by atoms with Crippen molar-refractivity contribution in [1.29, 1.82) is 0 Å². The van der Waals surface area contributed by atoms with Crippen LogP contribution in [-0.2, 0) is 0 Å². The summed E-state index contributed by atoms with van der Waals surface area (Å²) in [5, 5.41) is 2.65. The number of carbonyl (C=O) groups is 2. The number of urea groups is 1. The van der Waals surface area contributed by atoms with Gasteiger partial charge in [0.15, 0.2) is 0 Å². The highest BCUT2D eigenvalue weighted by molar-refractivity contribution is 7.20. The average Bonchev–Trinajstić information content (AvgIpc) is 2.89. The fraction of sp³-hybridized carbons (Fsp3) is 0.154. The number of rotatable bonds is 5. The van der Waals surface area contributed by atoms with Gasteiger partial charge in [0.25, 0.3) is 5.91 Å². The lowest BCUT2D eigenvalue weighted by molar-refractivity contribution is 0.100. The molecule has 0 aliphatic rings. The number of amides is 3. The number of nitrogens with two attached hydrogens (primary N) is 2. The first-order chi connectivity index (χ1) is 10.5. The number of anilines is 1. The van der Waals surface area contributed by atoms with E-state index in [0.717, 1.165) is 11.3 Å². The Hall–Kier alpha value is -2.81. The first kappa shape index (κ1) is 15.6. The van der Waals surface area contributed by atoms with E-state index in [9.17, 15) is 9.59 Å². The Balaban J connectivity index is 2.53. The number of hydrogen-bond donors (Lipinski definition) is 3.